The van der Waals surface area contributed by atoms with Crippen molar-refractivity contribution in [3.63, 3.8) is 0 Å². The minimum absolute atomic E-state index is 0.0399. The highest BCUT2D eigenvalue weighted by Gasteiger charge is 2.14. The second kappa shape index (κ2) is 11.6. The third-order valence-electron chi connectivity index (χ3n) is 4.98. The van der Waals surface area contributed by atoms with E-state index in [1.54, 1.807) is 18.2 Å². The summed E-state index contributed by atoms with van der Waals surface area (Å²) in [5.41, 5.74) is 3.37. The molecule has 0 unspecified atom stereocenters. The number of aromatic nitrogens is 1. The van der Waals surface area contributed by atoms with Crippen molar-refractivity contribution in [3.8, 4) is 28.8 Å². The number of carbonyl (C=O) groups is 1. The van der Waals surface area contributed by atoms with Gasteiger partial charge in [0.05, 0.1) is 12.3 Å². The Morgan fingerprint density at radius 1 is 1.03 bits per heavy atom. The van der Waals surface area contributed by atoms with Crippen LogP contribution in [0.1, 0.15) is 18.1 Å². The van der Waals surface area contributed by atoms with E-state index in [1.807, 2.05) is 79.0 Å². The van der Waals surface area contributed by atoms with E-state index in [1.165, 1.54) is 17.4 Å². The Morgan fingerprint density at radius 3 is 2.49 bits per heavy atom. The van der Waals surface area contributed by atoms with Crippen LogP contribution in [-0.2, 0) is 11.4 Å². The summed E-state index contributed by atoms with van der Waals surface area (Å²) >= 11 is 1.31. The summed E-state index contributed by atoms with van der Waals surface area (Å²) in [5.74, 6) is 0.609. The molecule has 0 bridgehead atoms. The summed E-state index contributed by atoms with van der Waals surface area (Å²) in [6.07, 6.45) is 1.52. The molecule has 0 aliphatic carbocycles. The van der Waals surface area contributed by atoms with Gasteiger partial charge in [-0.2, -0.15) is 5.26 Å². The van der Waals surface area contributed by atoms with Gasteiger partial charge in [-0.25, -0.2) is 4.98 Å². The standard InChI is InChI=1S/C28H23N3O3S/c1-2-33-26-16-21(13-14-25(26)34-18-20-9-5-3-6-10-20)15-23(17-29)27(32)31-28-30-24(19-35-28)22-11-7-4-8-12-22/h3-16,19H,2,18H2,1H3,(H,30,31,32)/b23-15-. The summed E-state index contributed by atoms with van der Waals surface area (Å²) < 4.78 is 11.7. The molecule has 7 heteroatoms. The number of nitrogens with zero attached hydrogens (tertiary/aromatic N) is 2. The van der Waals surface area contributed by atoms with E-state index in [-0.39, 0.29) is 5.57 Å². The summed E-state index contributed by atoms with van der Waals surface area (Å²) in [4.78, 5) is 17.2. The first-order valence-electron chi connectivity index (χ1n) is 11.0. The highest BCUT2D eigenvalue weighted by molar-refractivity contribution is 7.14. The summed E-state index contributed by atoms with van der Waals surface area (Å²) in [7, 11) is 0. The molecule has 35 heavy (non-hydrogen) atoms. The average molecular weight is 482 g/mol. The van der Waals surface area contributed by atoms with Crippen molar-refractivity contribution in [1.82, 2.24) is 4.98 Å². The van der Waals surface area contributed by atoms with Crippen LogP contribution in [0.2, 0.25) is 0 Å². The predicted molar refractivity (Wildman–Crippen MR) is 138 cm³/mol. The summed E-state index contributed by atoms with van der Waals surface area (Å²) in [6, 6.07) is 26.8. The van der Waals surface area contributed by atoms with E-state index in [0.29, 0.717) is 35.4 Å². The number of ether oxygens (including phenoxy) is 2. The number of anilines is 1. The Bertz CT molecular complexity index is 1360. The van der Waals surface area contributed by atoms with Crippen molar-refractivity contribution in [2.45, 2.75) is 13.5 Å². The topological polar surface area (TPSA) is 84.2 Å². The van der Waals surface area contributed by atoms with Crippen LogP contribution in [0.3, 0.4) is 0 Å². The molecule has 6 nitrogen and oxygen atoms in total. The molecular weight excluding hydrogens is 458 g/mol. The maximum Gasteiger partial charge on any atom is 0.268 e. The van der Waals surface area contributed by atoms with Gasteiger partial charge in [0.2, 0.25) is 0 Å². The molecule has 0 aliphatic rings. The van der Waals surface area contributed by atoms with Crippen LogP contribution in [0.4, 0.5) is 5.13 Å². The fourth-order valence-corrected chi connectivity index (χ4v) is 4.00. The normalized spacial score (nSPS) is 10.9. The molecule has 4 aromatic rings. The van der Waals surface area contributed by atoms with Gasteiger partial charge < -0.3 is 9.47 Å². The molecule has 4 rings (SSSR count). The lowest BCUT2D eigenvalue weighted by Crippen LogP contribution is -2.13. The third kappa shape index (κ3) is 6.34. The van der Waals surface area contributed by atoms with Crippen LogP contribution in [-0.4, -0.2) is 17.5 Å². The van der Waals surface area contributed by atoms with E-state index in [0.717, 1.165) is 16.8 Å². The molecule has 0 aliphatic heterocycles. The minimum atomic E-state index is -0.524. The smallest absolute Gasteiger partial charge is 0.268 e. The Labute approximate surface area is 208 Å². The first-order chi connectivity index (χ1) is 17.2. The lowest BCUT2D eigenvalue weighted by molar-refractivity contribution is -0.112. The van der Waals surface area contributed by atoms with Crippen LogP contribution < -0.4 is 14.8 Å². The van der Waals surface area contributed by atoms with Crippen molar-refractivity contribution in [2.24, 2.45) is 0 Å². The lowest BCUT2D eigenvalue weighted by Gasteiger charge is -2.13. The van der Waals surface area contributed by atoms with Gasteiger partial charge in [0, 0.05) is 10.9 Å². The van der Waals surface area contributed by atoms with Crippen LogP contribution >= 0.6 is 11.3 Å². The number of amides is 1. The minimum Gasteiger partial charge on any atom is -0.490 e. The number of benzene rings is 3. The molecule has 0 saturated carbocycles. The molecule has 0 atom stereocenters. The lowest BCUT2D eigenvalue weighted by atomic mass is 10.1. The average Bonchev–Trinajstić information content (AvgIpc) is 3.36. The predicted octanol–water partition coefficient (Wildman–Crippen LogP) is 6.33. The van der Waals surface area contributed by atoms with Crippen LogP contribution in [0.25, 0.3) is 17.3 Å². The monoisotopic (exact) mass is 481 g/mol. The van der Waals surface area contributed by atoms with Gasteiger partial charge in [0.25, 0.3) is 5.91 Å². The first kappa shape index (κ1) is 23.7. The number of thiazole rings is 1. The fraction of sp³-hybridized carbons (Fsp3) is 0.107. The number of nitrogens with one attached hydrogen (secondary N) is 1. The van der Waals surface area contributed by atoms with Gasteiger partial charge in [-0.15, -0.1) is 11.3 Å². The van der Waals surface area contributed by atoms with Gasteiger partial charge in [-0.3, -0.25) is 10.1 Å². The van der Waals surface area contributed by atoms with Crippen LogP contribution in [0.15, 0.2) is 89.8 Å². The molecular formula is C28H23N3O3S. The van der Waals surface area contributed by atoms with Gasteiger partial charge in [-0.1, -0.05) is 66.7 Å². The molecule has 1 amide bonds. The molecule has 0 fully saturated rings. The molecule has 1 heterocycles. The van der Waals surface area contributed by atoms with Crippen molar-refractivity contribution >= 4 is 28.5 Å². The molecule has 174 valence electrons. The fourth-order valence-electron chi connectivity index (χ4n) is 3.29. The SMILES string of the molecule is CCOc1cc(/C=C(/C#N)C(=O)Nc2nc(-c3ccccc3)cs2)ccc1OCc1ccccc1. The molecule has 1 N–H and O–H groups in total. The zero-order valence-electron chi connectivity index (χ0n) is 19.1. The molecule has 0 saturated heterocycles. The first-order valence-corrected chi connectivity index (χ1v) is 11.9. The quantitative estimate of drug-likeness (QED) is 0.223. The highest BCUT2D eigenvalue weighted by atomic mass is 32.1. The zero-order valence-corrected chi connectivity index (χ0v) is 19.9. The van der Waals surface area contributed by atoms with Crippen LogP contribution in [0.5, 0.6) is 11.5 Å². The number of rotatable bonds is 9. The number of nitriles is 1. The Balaban J connectivity index is 1.48. The van der Waals surface area contributed by atoms with Gasteiger partial charge >= 0.3 is 0 Å². The Hall–Kier alpha value is -4.41. The van der Waals surface area contributed by atoms with E-state index in [4.69, 9.17) is 9.47 Å². The molecule has 0 radical (unpaired) electrons. The number of hydrogen-bond donors (Lipinski definition) is 1. The zero-order chi connectivity index (χ0) is 24.5. The van der Waals surface area contributed by atoms with Crippen molar-refractivity contribution in [2.75, 3.05) is 11.9 Å². The van der Waals surface area contributed by atoms with Gasteiger partial charge in [0.15, 0.2) is 16.6 Å². The number of hydrogen-bond acceptors (Lipinski definition) is 6. The molecule has 3 aromatic carbocycles. The summed E-state index contributed by atoms with van der Waals surface area (Å²) in [6.45, 7) is 2.74. The molecule has 1 aromatic heterocycles. The van der Waals surface area contributed by atoms with E-state index in [2.05, 4.69) is 10.3 Å². The van der Waals surface area contributed by atoms with Crippen molar-refractivity contribution in [3.05, 3.63) is 101 Å². The largest absolute Gasteiger partial charge is 0.490 e. The Kier molecular flexibility index (Phi) is 7.89. The van der Waals surface area contributed by atoms with Crippen LogP contribution in [0, 0.1) is 11.3 Å². The Morgan fingerprint density at radius 2 is 1.77 bits per heavy atom. The highest BCUT2D eigenvalue weighted by Crippen LogP contribution is 2.30. The van der Waals surface area contributed by atoms with Crippen molar-refractivity contribution in [1.29, 1.82) is 5.26 Å². The van der Waals surface area contributed by atoms with E-state index < -0.39 is 5.91 Å². The number of carbonyl (C=O) groups excluding carboxylic acids is 1. The van der Waals surface area contributed by atoms with E-state index in [9.17, 15) is 10.1 Å². The van der Waals surface area contributed by atoms with Gasteiger partial charge in [0.1, 0.15) is 18.2 Å². The molecule has 0 spiro atoms. The van der Waals surface area contributed by atoms with Gasteiger partial charge in [-0.05, 0) is 36.3 Å². The third-order valence-corrected chi connectivity index (χ3v) is 5.73. The summed E-state index contributed by atoms with van der Waals surface area (Å²) in [5, 5.41) is 14.6. The second-order valence-corrected chi connectivity index (χ2v) is 8.30. The second-order valence-electron chi connectivity index (χ2n) is 7.44. The maximum absolute atomic E-state index is 12.7. The van der Waals surface area contributed by atoms with E-state index >= 15 is 0 Å². The maximum atomic E-state index is 12.7. The van der Waals surface area contributed by atoms with Crippen molar-refractivity contribution < 1.29 is 14.3 Å².